The zero-order chi connectivity index (χ0) is 33.5. The number of carboxylic acids is 1. The van der Waals surface area contributed by atoms with Crippen LogP contribution in [-0.2, 0) is 20.8 Å². The van der Waals surface area contributed by atoms with Crippen LogP contribution in [0.15, 0.2) is 35.7 Å². The van der Waals surface area contributed by atoms with Crippen LogP contribution in [0, 0.1) is 17.8 Å². The maximum absolute atomic E-state index is 13.9. The lowest BCUT2D eigenvalue weighted by Crippen LogP contribution is -2.49. The molecule has 250 valence electrons. The Bertz CT molecular complexity index is 1720. The van der Waals surface area contributed by atoms with Gasteiger partial charge in [0.25, 0.3) is 0 Å². The van der Waals surface area contributed by atoms with E-state index in [1.54, 1.807) is 19.1 Å². The minimum Gasteiger partial charge on any atom is -0.496 e. The summed E-state index contributed by atoms with van der Waals surface area (Å²) in [7, 11) is 3.43. The molecule has 1 unspecified atom stereocenters. The number of aromatic nitrogens is 2. The molecule has 11 heteroatoms. The molecule has 2 amide bonds. The van der Waals surface area contributed by atoms with Gasteiger partial charge in [0.05, 0.1) is 30.2 Å². The summed E-state index contributed by atoms with van der Waals surface area (Å²) in [6.07, 6.45) is 7.67. The van der Waals surface area contributed by atoms with Crippen molar-refractivity contribution in [2.75, 3.05) is 20.7 Å². The van der Waals surface area contributed by atoms with Crippen molar-refractivity contribution in [1.29, 1.82) is 0 Å². The van der Waals surface area contributed by atoms with Gasteiger partial charge in [-0.15, -0.1) is 11.3 Å². The maximum atomic E-state index is 13.9. The largest absolute Gasteiger partial charge is 0.496 e. The highest BCUT2D eigenvalue weighted by molar-refractivity contribution is 7.13. The van der Waals surface area contributed by atoms with Crippen LogP contribution in [0.1, 0.15) is 76.5 Å². The number of aliphatic carboxylic acids is 1. The van der Waals surface area contributed by atoms with E-state index in [1.165, 1.54) is 11.3 Å². The van der Waals surface area contributed by atoms with Crippen LogP contribution in [0.4, 0.5) is 0 Å². The van der Waals surface area contributed by atoms with Gasteiger partial charge in [-0.1, -0.05) is 32.9 Å². The first-order chi connectivity index (χ1) is 22.6. The summed E-state index contributed by atoms with van der Waals surface area (Å²) in [4.78, 5) is 51.7. The Kier molecular flexibility index (Phi) is 9.29. The second-order valence-electron chi connectivity index (χ2n) is 13.4. The second-order valence-corrected chi connectivity index (χ2v) is 14.3. The van der Waals surface area contributed by atoms with Crippen LogP contribution in [-0.4, -0.2) is 70.1 Å². The van der Waals surface area contributed by atoms with Gasteiger partial charge in [0, 0.05) is 41.9 Å². The van der Waals surface area contributed by atoms with Crippen molar-refractivity contribution in [3.8, 4) is 22.2 Å². The Balaban J connectivity index is 1.36. The number of amides is 2. The van der Waals surface area contributed by atoms with Crippen molar-refractivity contribution in [1.82, 2.24) is 20.2 Å². The number of hydrogen-bond donors (Lipinski definition) is 2. The first-order valence-corrected chi connectivity index (χ1v) is 17.5. The van der Waals surface area contributed by atoms with Gasteiger partial charge in [-0.05, 0) is 63.0 Å². The van der Waals surface area contributed by atoms with Gasteiger partial charge in [0.15, 0.2) is 0 Å². The molecular weight excluding hydrogens is 616 g/mol. The van der Waals surface area contributed by atoms with Crippen LogP contribution in [0.5, 0.6) is 11.5 Å². The molecule has 2 aromatic heterocycles. The van der Waals surface area contributed by atoms with Crippen molar-refractivity contribution >= 4 is 40.0 Å². The van der Waals surface area contributed by atoms with Crippen molar-refractivity contribution in [2.24, 2.45) is 17.8 Å². The molecule has 47 heavy (non-hydrogen) atoms. The SMILES string of the molecule is CCc1c(OC)ccc2c(O[C@H]3CC4C(=O)N(C)CCCC/C=C\[C@@H]5C[C@@]5(C(=O)O)NC(=O)[C@@H]4C3)cc(-c3nc(C(C)C)cs3)nc12. The molecule has 3 heterocycles. The van der Waals surface area contributed by atoms with E-state index in [0.29, 0.717) is 37.3 Å². The Hall–Kier alpha value is -3.99. The quantitative estimate of drug-likeness (QED) is 0.296. The molecule has 5 atom stereocenters. The predicted octanol–water partition coefficient (Wildman–Crippen LogP) is 5.98. The molecule has 6 rings (SSSR count). The van der Waals surface area contributed by atoms with E-state index in [2.05, 4.69) is 31.5 Å². The third-order valence-electron chi connectivity index (χ3n) is 9.98. The summed E-state index contributed by atoms with van der Waals surface area (Å²) < 4.78 is 12.4. The maximum Gasteiger partial charge on any atom is 0.330 e. The lowest BCUT2D eigenvalue weighted by atomic mass is 9.93. The number of benzene rings is 1. The third-order valence-corrected chi connectivity index (χ3v) is 10.9. The number of nitrogens with one attached hydrogen (secondary N) is 1. The summed E-state index contributed by atoms with van der Waals surface area (Å²) in [5.41, 5.74) is 2.08. The fourth-order valence-corrected chi connectivity index (χ4v) is 8.02. The summed E-state index contributed by atoms with van der Waals surface area (Å²) in [5.74, 6) is -1.53. The Labute approximate surface area is 279 Å². The van der Waals surface area contributed by atoms with E-state index < -0.39 is 35.4 Å². The molecule has 2 fully saturated rings. The van der Waals surface area contributed by atoms with Gasteiger partial charge in [-0.3, -0.25) is 9.59 Å². The molecule has 1 aromatic carbocycles. The van der Waals surface area contributed by atoms with Crippen molar-refractivity contribution in [2.45, 2.75) is 83.3 Å². The highest BCUT2D eigenvalue weighted by Gasteiger charge is 2.61. The van der Waals surface area contributed by atoms with E-state index in [-0.39, 0.29) is 24.2 Å². The highest BCUT2D eigenvalue weighted by Crippen LogP contribution is 2.47. The molecule has 10 nitrogen and oxygen atoms in total. The molecule has 2 saturated carbocycles. The smallest absolute Gasteiger partial charge is 0.330 e. The Morgan fingerprint density at radius 2 is 1.96 bits per heavy atom. The summed E-state index contributed by atoms with van der Waals surface area (Å²) in [6.45, 7) is 6.87. The lowest BCUT2D eigenvalue weighted by Gasteiger charge is -2.26. The van der Waals surface area contributed by atoms with Crippen LogP contribution in [0.3, 0.4) is 0 Å². The number of ether oxygens (including phenoxy) is 2. The number of carboxylic acid groups (broad SMARTS) is 1. The number of allylic oxidation sites excluding steroid dienone is 1. The van der Waals surface area contributed by atoms with Crippen LogP contribution in [0.25, 0.3) is 21.6 Å². The first-order valence-electron chi connectivity index (χ1n) is 16.7. The number of methoxy groups -OCH3 is 1. The number of carbonyl (C=O) groups is 3. The third kappa shape index (κ3) is 6.34. The first kappa shape index (κ1) is 32.9. The number of fused-ring (bicyclic) bond motifs is 3. The van der Waals surface area contributed by atoms with E-state index >= 15 is 0 Å². The fraction of sp³-hybridized carbons (Fsp3) is 0.528. The topological polar surface area (TPSA) is 131 Å². The van der Waals surface area contributed by atoms with E-state index in [1.807, 2.05) is 30.4 Å². The van der Waals surface area contributed by atoms with Gasteiger partial charge in [0.2, 0.25) is 11.8 Å². The number of rotatable bonds is 7. The summed E-state index contributed by atoms with van der Waals surface area (Å²) in [6, 6.07) is 5.76. The predicted molar refractivity (Wildman–Crippen MR) is 181 cm³/mol. The zero-order valence-corrected chi connectivity index (χ0v) is 28.6. The average Bonchev–Trinajstić information content (AvgIpc) is 3.36. The second kappa shape index (κ2) is 13.3. The monoisotopic (exact) mass is 660 g/mol. The molecule has 0 bridgehead atoms. The molecule has 3 aliphatic rings. The standard InChI is InChI=1S/C36H44N4O6S/c1-6-23-29(45-5)13-12-24-30(17-27(37-31(23)24)33-38-28(19-47-33)20(2)3)46-22-15-25-26(16-22)34(42)40(4)14-10-8-7-9-11-21-18-36(21,35(43)44)39-32(25)41/h9,11-13,17,19-22,25-26H,6-8,10,14-16,18H2,1-5H3,(H,39,41)(H,43,44)/b11-9-/t21-,22-,25-,26?,36-/m1/s1. The van der Waals surface area contributed by atoms with Gasteiger partial charge in [-0.2, -0.15) is 0 Å². The molecular formula is C36H44N4O6S. The van der Waals surface area contributed by atoms with E-state index in [0.717, 1.165) is 52.2 Å². The number of nitrogens with zero attached hydrogens (tertiary/aromatic N) is 3. The Morgan fingerprint density at radius 3 is 2.66 bits per heavy atom. The summed E-state index contributed by atoms with van der Waals surface area (Å²) >= 11 is 1.54. The zero-order valence-electron chi connectivity index (χ0n) is 27.7. The molecule has 0 radical (unpaired) electrons. The summed E-state index contributed by atoms with van der Waals surface area (Å²) in [5, 5.41) is 16.6. The minimum atomic E-state index is -1.33. The van der Waals surface area contributed by atoms with Crippen molar-refractivity contribution in [3.05, 3.63) is 47.0 Å². The van der Waals surface area contributed by atoms with Gasteiger partial charge >= 0.3 is 5.97 Å². The van der Waals surface area contributed by atoms with Crippen molar-refractivity contribution in [3.63, 3.8) is 0 Å². The minimum absolute atomic E-state index is 0.108. The average molecular weight is 661 g/mol. The van der Waals surface area contributed by atoms with Gasteiger partial charge in [-0.25, -0.2) is 14.8 Å². The number of aryl methyl sites for hydroxylation is 1. The van der Waals surface area contributed by atoms with Crippen LogP contribution in [0.2, 0.25) is 0 Å². The fourth-order valence-electron chi connectivity index (χ4n) is 7.08. The molecule has 0 spiro atoms. The lowest BCUT2D eigenvalue weighted by molar-refractivity contribution is -0.145. The van der Waals surface area contributed by atoms with Crippen LogP contribution < -0.4 is 14.8 Å². The number of pyridine rings is 1. The molecule has 2 N–H and O–H groups in total. The van der Waals surface area contributed by atoms with E-state index in [4.69, 9.17) is 19.4 Å². The molecule has 2 aliphatic carbocycles. The highest BCUT2D eigenvalue weighted by atomic mass is 32.1. The normalized spacial score (nSPS) is 27.1. The number of carbonyl (C=O) groups excluding carboxylic acids is 2. The molecule has 1 aliphatic heterocycles. The number of thiazole rings is 1. The van der Waals surface area contributed by atoms with Gasteiger partial charge in [0.1, 0.15) is 33.8 Å². The van der Waals surface area contributed by atoms with E-state index in [9.17, 15) is 19.5 Å². The van der Waals surface area contributed by atoms with Crippen LogP contribution >= 0.6 is 11.3 Å². The van der Waals surface area contributed by atoms with Crippen molar-refractivity contribution < 1.29 is 29.0 Å². The van der Waals surface area contributed by atoms with Gasteiger partial charge < -0.3 is 24.8 Å². The number of hydrogen-bond acceptors (Lipinski definition) is 8. The molecule has 3 aromatic rings. The molecule has 0 saturated heterocycles. The Morgan fingerprint density at radius 1 is 1.17 bits per heavy atom.